The largest absolute Gasteiger partial charge is 0.319 e. The van der Waals surface area contributed by atoms with Gasteiger partial charge in [0.2, 0.25) is 0 Å². The first kappa shape index (κ1) is 14.0. The van der Waals surface area contributed by atoms with Gasteiger partial charge in [-0.15, -0.1) is 0 Å². The monoisotopic (exact) mass is 226 g/mol. The minimum absolute atomic E-state index is 0.496. The van der Waals surface area contributed by atoms with Crippen LogP contribution in [0.5, 0.6) is 0 Å². The molecule has 0 aromatic rings. The predicted molar refractivity (Wildman–Crippen MR) is 71.7 cm³/mol. The van der Waals surface area contributed by atoms with E-state index in [0.29, 0.717) is 5.41 Å². The molecule has 0 aliphatic heterocycles. The van der Waals surface area contributed by atoms with Gasteiger partial charge in [-0.2, -0.15) is 0 Å². The number of hydrogen-bond acceptors (Lipinski definition) is 2. The summed E-state index contributed by atoms with van der Waals surface area (Å²) >= 11 is 0. The Balaban J connectivity index is 2.17. The van der Waals surface area contributed by atoms with Gasteiger partial charge >= 0.3 is 0 Å². The van der Waals surface area contributed by atoms with E-state index in [1.54, 1.807) is 0 Å². The van der Waals surface area contributed by atoms with Gasteiger partial charge in [0.15, 0.2) is 0 Å². The summed E-state index contributed by atoms with van der Waals surface area (Å²) in [5.74, 6) is 1.74. The zero-order valence-corrected chi connectivity index (χ0v) is 11.6. The first-order valence-corrected chi connectivity index (χ1v) is 6.95. The van der Waals surface area contributed by atoms with Gasteiger partial charge in [0.1, 0.15) is 0 Å². The molecule has 0 radical (unpaired) electrons. The lowest BCUT2D eigenvalue weighted by molar-refractivity contribution is 0.117. The third-order valence-corrected chi connectivity index (χ3v) is 4.29. The van der Waals surface area contributed by atoms with Crippen LogP contribution in [-0.4, -0.2) is 26.7 Å². The highest BCUT2D eigenvalue weighted by Crippen LogP contribution is 2.41. The van der Waals surface area contributed by atoms with Crippen molar-refractivity contribution in [3.63, 3.8) is 0 Å². The second kappa shape index (κ2) is 6.61. The van der Waals surface area contributed by atoms with E-state index in [4.69, 9.17) is 0 Å². The quantitative estimate of drug-likeness (QED) is 0.665. The number of nitrogens with one attached hydrogen (secondary N) is 2. The molecule has 96 valence electrons. The van der Waals surface area contributed by atoms with Crippen LogP contribution in [0.1, 0.15) is 46.5 Å². The first-order chi connectivity index (χ1) is 7.60. The Morgan fingerprint density at radius 1 is 1.25 bits per heavy atom. The summed E-state index contributed by atoms with van der Waals surface area (Å²) in [5, 5.41) is 6.94. The van der Waals surface area contributed by atoms with Gasteiger partial charge in [0.25, 0.3) is 0 Å². The Kier molecular flexibility index (Phi) is 5.77. The molecule has 0 amide bonds. The zero-order chi connectivity index (χ0) is 12.0. The lowest BCUT2D eigenvalue weighted by Crippen LogP contribution is -2.41. The van der Waals surface area contributed by atoms with E-state index >= 15 is 0 Å². The lowest BCUT2D eigenvalue weighted by Gasteiger charge is -2.41. The van der Waals surface area contributed by atoms with Gasteiger partial charge < -0.3 is 10.6 Å². The Morgan fingerprint density at radius 2 is 1.94 bits per heavy atom. The van der Waals surface area contributed by atoms with Crippen molar-refractivity contribution in [2.45, 2.75) is 46.5 Å². The first-order valence-electron chi connectivity index (χ1n) is 6.95. The van der Waals surface area contributed by atoms with Crippen LogP contribution < -0.4 is 10.6 Å². The van der Waals surface area contributed by atoms with Crippen molar-refractivity contribution >= 4 is 0 Å². The molecule has 0 spiro atoms. The second-order valence-electron chi connectivity index (χ2n) is 6.08. The second-order valence-corrected chi connectivity index (χ2v) is 6.08. The average Bonchev–Trinajstić information content (AvgIpc) is 2.12. The molecule has 0 bridgehead atoms. The fourth-order valence-corrected chi connectivity index (χ4v) is 2.58. The molecule has 1 atom stereocenters. The van der Waals surface area contributed by atoms with Gasteiger partial charge in [-0.1, -0.05) is 33.6 Å². The lowest BCUT2D eigenvalue weighted by atomic mass is 9.67. The van der Waals surface area contributed by atoms with Crippen LogP contribution in [0.15, 0.2) is 0 Å². The maximum Gasteiger partial charge on any atom is 0.000529 e. The molecule has 1 aliphatic carbocycles. The molecule has 0 heterocycles. The summed E-state index contributed by atoms with van der Waals surface area (Å²) in [6.45, 7) is 10.6. The van der Waals surface area contributed by atoms with Crippen LogP contribution in [0.25, 0.3) is 0 Å². The number of hydrogen-bond donors (Lipinski definition) is 2. The van der Waals surface area contributed by atoms with Crippen LogP contribution in [-0.2, 0) is 0 Å². The summed E-state index contributed by atoms with van der Waals surface area (Å²) in [5.41, 5.74) is 0.496. The Hall–Kier alpha value is -0.0800. The predicted octanol–water partition coefficient (Wildman–Crippen LogP) is 2.65. The molecular weight excluding hydrogens is 196 g/mol. The molecule has 1 aliphatic rings. The van der Waals surface area contributed by atoms with Crippen LogP contribution in [0.2, 0.25) is 0 Å². The van der Waals surface area contributed by atoms with Crippen molar-refractivity contribution < 1.29 is 0 Å². The van der Waals surface area contributed by atoms with Gasteiger partial charge in [-0.3, -0.25) is 0 Å². The van der Waals surface area contributed by atoms with Crippen LogP contribution in [0.3, 0.4) is 0 Å². The van der Waals surface area contributed by atoms with Crippen molar-refractivity contribution in [2.75, 3.05) is 26.7 Å². The normalized spacial score (nSPS) is 19.5. The zero-order valence-electron chi connectivity index (χ0n) is 11.6. The molecule has 1 unspecified atom stereocenters. The van der Waals surface area contributed by atoms with Gasteiger partial charge in [-0.25, -0.2) is 0 Å². The van der Waals surface area contributed by atoms with Crippen molar-refractivity contribution in [1.82, 2.24) is 10.6 Å². The van der Waals surface area contributed by atoms with Crippen LogP contribution in [0.4, 0.5) is 0 Å². The smallest absolute Gasteiger partial charge is 0.000529 e. The molecule has 0 aromatic heterocycles. The van der Waals surface area contributed by atoms with Crippen molar-refractivity contribution in [3.8, 4) is 0 Å². The third kappa shape index (κ3) is 4.06. The van der Waals surface area contributed by atoms with E-state index in [9.17, 15) is 0 Å². The van der Waals surface area contributed by atoms with Crippen LogP contribution >= 0.6 is 0 Å². The standard InChI is InChI=1S/C14H30N2/c1-5-12(9-15-4)10-16-11-14(2,3)13-7-6-8-13/h12-13,15-16H,5-11H2,1-4H3. The van der Waals surface area contributed by atoms with Crippen LogP contribution in [0, 0.1) is 17.3 Å². The minimum Gasteiger partial charge on any atom is -0.319 e. The molecule has 2 nitrogen and oxygen atoms in total. The molecule has 1 fully saturated rings. The minimum atomic E-state index is 0.496. The topological polar surface area (TPSA) is 24.1 Å². The van der Waals surface area contributed by atoms with E-state index in [0.717, 1.165) is 24.9 Å². The van der Waals surface area contributed by atoms with Gasteiger partial charge in [0.05, 0.1) is 0 Å². The van der Waals surface area contributed by atoms with E-state index in [-0.39, 0.29) is 0 Å². The summed E-state index contributed by atoms with van der Waals surface area (Å²) in [4.78, 5) is 0. The van der Waals surface area contributed by atoms with Crippen molar-refractivity contribution in [2.24, 2.45) is 17.3 Å². The molecule has 1 rings (SSSR count). The van der Waals surface area contributed by atoms with E-state index in [1.807, 2.05) is 7.05 Å². The fourth-order valence-electron chi connectivity index (χ4n) is 2.58. The maximum absolute atomic E-state index is 3.67. The van der Waals surface area contributed by atoms with Crippen molar-refractivity contribution in [3.05, 3.63) is 0 Å². The summed E-state index contributed by atoms with van der Waals surface area (Å²) in [6, 6.07) is 0. The summed E-state index contributed by atoms with van der Waals surface area (Å²) < 4.78 is 0. The molecule has 2 N–H and O–H groups in total. The van der Waals surface area contributed by atoms with Gasteiger partial charge in [-0.05, 0) is 50.2 Å². The van der Waals surface area contributed by atoms with Crippen molar-refractivity contribution in [1.29, 1.82) is 0 Å². The third-order valence-electron chi connectivity index (χ3n) is 4.29. The van der Waals surface area contributed by atoms with E-state index < -0.39 is 0 Å². The van der Waals surface area contributed by atoms with E-state index in [1.165, 1.54) is 32.2 Å². The molecular formula is C14H30N2. The molecule has 2 heteroatoms. The highest BCUT2D eigenvalue weighted by atomic mass is 14.9. The Bertz CT molecular complexity index is 185. The SMILES string of the molecule is CCC(CNC)CNCC(C)(C)C1CCC1. The summed E-state index contributed by atoms with van der Waals surface area (Å²) in [7, 11) is 2.04. The highest BCUT2D eigenvalue weighted by molar-refractivity contribution is 4.86. The molecule has 0 aromatic carbocycles. The molecule has 0 saturated heterocycles. The van der Waals surface area contributed by atoms with Gasteiger partial charge in [0, 0.05) is 6.54 Å². The molecule has 1 saturated carbocycles. The van der Waals surface area contributed by atoms with E-state index in [2.05, 4.69) is 31.4 Å². The highest BCUT2D eigenvalue weighted by Gasteiger charge is 2.33. The Labute approximate surface area is 102 Å². The molecule has 16 heavy (non-hydrogen) atoms. The fraction of sp³-hybridized carbons (Fsp3) is 1.00. The summed E-state index contributed by atoms with van der Waals surface area (Å²) in [6.07, 6.45) is 5.61. The number of rotatable bonds is 8. The maximum atomic E-state index is 3.67. The Morgan fingerprint density at radius 3 is 2.38 bits per heavy atom. The average molecular weight is 226 g/mol.